The van der Waals surface area contributed by atoms with Crippen LogP contribution in [0.2, 0.25) is 0 Å². The van der Waals surface area contributed by atoms with Crippen LogP contribution in [0.4, 0.5) is 0 Å². The Labute approximate surface area is 121 Å². The molecule has 0 saturated carbocycles. The Kier molecular flexibility index (Phi) is 4.84. The van der Waals surface area contributed by atoms with Crippen LogP contribution in [0.15, 0.2) is 34.7 Å². The number of para-hydroxylation sites is 1. The summed E-state index contributed by atoms with van der Waals surface area (Å²) in [5, 5.41) is 14.2. The lowest BCUT2D eigenvalue weighted by Crippen LogP contribution is -2.37. The molecule has 1 heterocycles. The van der Waals surface area contributed by atoms with Gasteiger partial charge in [0.1, 0.15) is 11.3 Å². The zero-order valence-electron chi connectivity index (χ0n) is 12.6. The molecular weight excluding hydrogens is 250 g/mol. The minimum absolute atomic E-state index is 0.0275. The lowest BCUT2D eigenvalue weighted by molar-refractivity contribution is 0.109. The summed E-state index contributed by atoms with van der Waals surface area (Å²) in [6.07, 6.45) is 1.94. The molecule has 2 N–H and O–H groups in total. The molecule has 0 radical (unpaired) electrons. The molecule has 0 bridgehead atoms. The molecule has 1 aromatic heterocycles. The molecule has 2 rings (SSSR count). The summed E-state index contributed by atoms with van der Waals surface area (Å²) >= 11 is 0. The van der Waals surface area contributed by atoms with Crippen molar-refractivity contribution in [2.24, 2.45) is 5.41 Å². The van der Waals surface area contributed by atoms with Crippen molar-refractivity contribution < 1.29 is 9.52 Å². The number of hydrogen-bond acceptors (Lipinski definition) is 3. The van der Waals surface area contributed by atoms with Crippen LogP contribution >= 0.6 is 0 Å². The van der Waals surface area contributed by atoms with E-state index in [1.165, 1.54) is 0 Å². The Morgan fingerprint density at radius 2 is 1.95 bits per heavy atom. The lowest BCUT2D eigenvalue weighted by atomic mass is 9.83. The Balaban J connectivity index is 2.06. The average Bonchev–Trinajstić information content (AvgIpc) is 2.93. The zero-order valence-corrected chi connectivity index (χ0v) is 12.6. The SMILES string of the molecule is CCC(CC)(CO)CNC(C)c1cc2ccccc2o1. The maximum atomic E-state index is 9.61. The molecule has 0 aliphatic heterocycles. The van der Waals surface area contributed by atoms with Gasteiger partial charge in [0.2, 0.25) is 0 Å². The van der Waals surface area contributed by atoms with Gasteiger partial charge in [0.15, 0.2) is 0 Å². The Bertz CT molecular complexity index is 501. The van der Waals surface area contributed by atoms with Gasteiger partial charge < -0.3 is 14.8 Å². The number of furan rings is 1. The van der Waals surface area contributed by atoms with E-state index in [2.05, 4.69) is 38.2 Å². The van der Waals surface area contributed by atoms with Crippen molar-refractivity contribution in [1.82, 2.24) is 5.32 Å². The first-order chi connectivity index (χ1) is 9.64. The fourth-order valence-corrected chi connectivity index (χ4v) is 2.47. The molecule has 2 aromatic rings. The minimum atomic E-state index is -0.0275. The average molecular weight is 275 g/mol. The molecule has 1 aromatic carbocycles. The van der Waals surface area contributed by atoms with Crippen LogP contribution in [-0.4, -0.2) is 18.3 Å². The van der Waals surface area contributed by atoms with Crippen molar-refractivity contribution in [3.63, 3.8) is 0 Å². The molecule has 0 amide bonds. The van der Waals surface area contributed by atoms with E-state index in [4.69, 9.17) is 4.42 Å². The van der Waals surface area contributed by atoms with E-state index >= 15 is 0 Å². The number of hydrogen-bond donors (Lipinski definition) is 2. The van der Waals surface area contributed by atoms with Crippen LogP contribution in [0, 0.1) is 5.41 Å². The van der Waals surface area contributed by atoms with Gasteiger partial charge in [0.05, 0.1) is 6.04 Å². The standard InChI is InChI=1S/C17H25NO2/c1-4-17(5-2,12-19)11-18-13(3)16-10-14-8-6-7-9-15(14)20-16/h6-10,13,18-19H,4-5,11-12H2,1-3H3. The van der Waals surface area contributed by atoms with E-state index in [0.717, 1.165) is 36.1 Å². The molecule has 0 spiro atoms. The van der Waals surface area contributed by atoms with E-state index in [0.29, 0.717) is 0 Å². The fourth-order valence-electron chi connectivity index (χ4n) is 2.47. The predicted molar refractivity (Wildman–Crippen MR) is 82.7 cm³/mol. The third kappa shape index (κ3) is 3.05. The zero-order chi connectivity index (χ0) is 14.6. The minimum Gasteiger partial charge on any atom is -0.459 e. The summed E-state index contributed by atoms with van der Waals surface area (Å²) in [6.45, 7) is 7.39. The molecule has 20 heavy (non-hydrogen) atoms. The fraction of sp³-hybridized carbons (Fsp3) is 0.529. The second-order valence-corrected chi connectivity index (χ2v) is 5.65. The predicted octanol–water partition coefficient (Wildman–Crippen LogP) is 3.88. The van der Waals surface area contributed by atoms with Gasteiger partial charge in [-0.2, -0.15) is 0 Å². The summed E-state index contributed by atoms with van der Waals surface area (Å²) in [7, 11) is 0. The first-order valence-electron chi connectivity index (χ1n) is 7.47. The van der Waals surface area contributed by atoms with Crippen LogP contribution in [0.3, 0.4) is 0 Å². The molecule has 0 aliphatic carbocycles. The third-order valence-electron chi connectivity index (χ3n) is 4.49. The van der Waals surface area contributed by atoms with Crippen LogP contribution in [0.25, 0.3) is 11.0 Å². The second kappa shape index (κ2) is 6.42. The Hall–Kier alpha value is -1.32. The molecular formula is C17H25NO2. The second-order valence-electron chi connectivity index (χ2n) is 5.65. The monoisotopic (exact) mass is 275 g/mol. The van der Waals surface area contributed by atoms with Crippen molar-refractivity contribution in [2.45, 2.75) is 39.7 Å². The van der Waals surface area contributed by atoms with Crippen LogP contribution in [0.5, 0.6) is 0 Å². The number of fused-ring (bicyclic) bond motifs is 1. The molecule has 0 aliphatic rings. The summed E-state index contributed by atoms with van der Waals surface area (Å²) in [5.74, 6) is 0.949. The van der Waals surface area contributed by atoms with Crippen LogP contribution in [0.1, 0.15) is 45.4 Å². The van der Waals surface area contributed by atoms with Gasteiger partial charge in [-0.05, 0) is 31.9 Å². The normalized spacial score (nSPS) is 13.8. The van der Waals surface area contributed by atoms with E-state index < -0.39 is 0 Å². The van der Waals surface area contributed by atoms with Gasteiger partial charge in [-0.1, -0.05) is 32.0 Å². The largest absolute Gasteiger partial charge is 0.459 e. The highest BCUT2D eigenvalue weighted by atomic mass is 16.3. The smallest absolute Gasteiger partial charge is 0.134 e. The van der Waals surface area contributed by atoms with Crippen molar-refractivity contribution in [1.29, 1.82) is 0 Å². The molecule has 110 valence electrons. The van der Waals surface area contributed by atoms with Gasteiger partial charge in [-0.3, -0.25) is 0 Å². The van der Waals surface area contributed by atoms with Gasteiger partial charge in [0, 0.05) is 24.0 Å². The number of rotatable bonds is 7. The van der Waals surface area contributed by atoms with Crippen molar-refractivity contribution in [3.8, 4) is 0 Å². The topological polar surface area (TPSA) is 45.4 Å². The summed E-state index contributed by atoms with van der Waals surface area (Å²) in [6, 6.07) is 10.3. The van der Waals surface area contributed by atoms with Crippen molar-refractivity contribution in [2.75, 3.05) is 13.2 Å². The number of benzene rings is 1. The Morgan fingerprint density at radius 3 is 2.55 bits per heavy atom. The Morgan fingerprint density at radius 1 is 1.25 bits per heavy atom. The highest BCUT2D eigenvalue weighted by molar-refractivity contribution is 5.77. The lowest BCUT2D eigenvalue weighted by Gasteiger charge is -2.30. The first kappa shape index (κ1) is 15.1. The van der Waals surface area contributed by atoms with Gasteiger partial charge in [0.25, 0.3) is 0 Å². The first-order valence-corrected chi connectivity index (χ1v) is 7.47. The van der Waals surface area contributed by atoms with E-state index in [1.807, 2.05) is 18.2 Å². The molecule has 3 nitrogen and oxygen atoms in total. The maximum Gasteiger partial charge on any atom is 0.134 e. The summed E-state index contributed by atoms with van der Waals surface area (Å²) in [4.78, 5) is 0. The van der Waals surface area contributed by atoms with E-state index in [-0.39, 0.29) is 18.1 Å². The number of nitrogens with one attached hydrogen (secondary N) is 1. The van der Waals surface area contributed by atoms with Crippen LogP contribution < -0.4 is 5.32 Å². The van der Waals surface area contributed by atoms with E-state index in [9.17, 15) is 5.11 Å². The summed E-state index contributed by atoms with van der Waals surface area (Å²) < 4.78 is 5.87. The highest BCUT2D eigenvalue weighted by Crippen LogP contribution is 2.27. The van der Waals surface area contributed by atoms with Gasteiger partial charge >= 0.3 is 0 Å². The highest BCUT2D eigenvalue weighted by Gasteiger charge is 2.26. The van der Waals surface area contributed by atoms with E-state index in [1.54, 1.807) is 0 Å². The molecule has 1 unspecified atom stereocenters. The van der Waals surface area contributed by atoms with Crippen molar-refractivity contribution in [3.05, 3.63) is 36.1 Å². The molecule has 0 fully saturated rings. The van der Waals surface area contributed by atoms with Gasteiger partial charge in [-0.25, -0.2) is 0 Å². The molecule has 0 saturated heterocycles. The number of aliphatic hydroxyl groups excluding tert-OH is 1. The molecule has 1 atom stereocenters. The van der Waals surface area contributed by atoms with Crippen LogP contribution in [-0.2, 0) is 0 Å². The van der Waals surface area contributed by atoms with Crippen molar-refractivity contribution >= 4 is 11.0 Å². The van der Waals surface area contributed by atoms with Gasteiger partial charge in [-0.15, -0.1) is 0 Å². The number of aliphatic hydroxyl groups is 1. The maximum absolute atomic E-state index is 9.61. The summed E-state index contributed by atoms with van der Waals surface area (Å²) in [5.41, 5.74) is 0.899. The third-order valence-corrected chi connectivity index (χ3v) is 4.49. The quantitative estimate of drug-likeness (QED) is 0.806. The molecule has 3 heteroatoms.